The quantitative estimate of drug-likeness (QED) is 0.0949. The van der Waals surface area contributed by atoms with Crippen LogP contribution in [-0.4, -0.2) is 146 Å². The standard InChI is InChI=1S/C47H74N2O13/c1-10-34-45(8,58)39(55)28(4)49(25-42(5)24-46(42,59)38(54)26(2)37(53)27(3)40(56)61-34)21-11-19-48-20-16-35(52)62-47(41(57)60-9)18-15-32-31-13-12-29-22-30(50)14-17-43(29,6)36(31)33(51)23-44(32,47)7/h14,17,22,26-28,31-34,36-39,48,51,53-55,58-59H,10-13,15-16,18-21,23-25H2,1-9H3/t26-,27+,28+,31?,32?,33-,34+,36?,37-,38+,39+,42-,43-,44-,45+,46+,47-/m0/s1. The highest BCUT2D eigenvalue weighted by atomic mass is 16.6. The molecular weight excluding hydrogens is 801 g/mol. The summed E-state index contributed by atoms with van der Waals surface area (Å²) in [6, 6.07) is -0.687. The molecule has 62 heavy (non-hydrogen) atoms. The second kappa shape index (κ2) is 17.6. The molecule has 1 saturated heterocycles. The van der Waals surface area contributed by atoms with Gasteiger partial charge in [-0.2, -0.15) is 0 Å². The average molecular weight is 875 g/mol. The maximum atomic E-state index is 13.8. The number of ketones is 1. The Morgan fingerprint density at radius 1 is 1.00 bits per heavy atom. The number of hydrogen-bond donors (Lipinski definition) is 7. The first-order valence-electron chi connectivity index (χ1n) is 23.0. The van der Waals surface area contributed by atoms with E-state index in [0.29, 0.717) is 32.4 Å². The second-order valence-electron chi connectivity index (χ2n) is 20.9. The first kappa shape index (κ1) is 48.7. The van der Waals surface area contributed by atoms with Crippen molar-refractivity contribution in [2.75, 3.05) is 33.3 Å². The van der Waals surface area contributed by atoms with E-state index in [0.717, 1.165) is 12.0 Å². The number of carbonyl (C=O) groups is 4. The minimum atomic E-state index is -1.87. The number of nitrogens with one attached hydrogen (secondary N) is 1. The zero-order chi connectivity index (χ0) is 46.0. The van der Waals surface area contributed by atoms with E-state index in [9.17, 15) is 49.8 Å². The van der Waals surface area contributed by atoms with Crippen molar-refractivity contribution >= 4 is 23.7 Å². The van der Waals surface area contributed by atoms with Crippen LogP contribution in [0.2, 0.25) is 0 Å². The van der Waals surface area contributed by atoms with Gasteiger partial charge in [0, 0.05) is 47.2 Å². The number of allylic oxidation sites excluding steroid dienone is 4. The Morgan fingerprint density at radius 3 is 2.35 bits per heavy atom. The van der Waals surface area contributed by atoms with Crippen LogP contribution in [0.1, 0.15) is 113 Å². The summed E-state index contributed by atoms with van der Waals surface area (Å²) in [5.41, 5.74) is -6.18. The predicted molar refractivity (Wildman–Crippen MR) is 227 cm³/mol. The number of carbonyl (C=O) groups excluding carboxylic acids is 4. The number of nitrogens with zero attached hydrogens (tertiary/aromatic N) is 1. The molecule has 0 aromatic rings. The fourth-order valence-electron chi connectivity index (χ4n) is 13.0. The number of cyclic esters (lactones) is 1. The molecule has 0 bridgehead atoms. The molecule has 5 aliphatic carbocycles. The first-order chi connectivity index (χ1) is 28.9. The largest absolute Gasteiger partial charge is 0.466 e. The molecule has 350 valence electrons. The van der Waals surface area contributed by atoms with Crippen molar-refractivity contribution in [3.63, 3.8) is 0 Å². The summed E-state index contributed by atoms with van der Waals surface area (Å²) >= 11 is 0. The smallest absolute Gasteiger partial charge is 0.350 e. The topological polar surface area (TPSA) is 233 Å². The summed E-state index contributed by atoms with van der Waals surface area (Å²) < 4.78 is 17.3. The summed E-state index contributed by atoms with van der Waals surface area (Å²) in [5.74, 6) is -4.08. The zero-order valence-corrected chi connectivity index (χ0v) is 38.3. The molecule has 15 heteroatoms. The van der Waals surface area contributed by atoms with Crippen LogP contribution in [0.3, 0.4) is 0 Å². The highest BCUT2D eigenvalue weighted by molar-refractivity contribution is 6.01. The van der Waals surface area contributed by atoms with Crippen molar-refractivity contribution in [2.45, 2.75) is 167 Å². The van der Waals surface area contributed by atoms with E-state index in [1.165, 1.54) is 21.0 Å². The van der Waals surface area contributed by atoms with Gasteiger partial charge in [0.2, 0.25) is 5.60 Å². The minimum Gasteiger partial charge on any atom is -0.466 e. The Balaban J connectivity index is 1.09. The molecule has 3 unspecified atom stereocenters. The van der Waals surface area contributed by atoms with Crippen molar-refractivity contribution in [3.05, 3.63) is 23.8 Å². The van der Waals surface area contributed by atoms with E-state index in [1.807, 2.05) is 24.8 Å². The van der Waals surface area contributed by atoms with Crippen molar-refractivity contribution < 1.29 is 64.0 Å². The van der Waals surface area contributed by atoms with Crippen molar-refractivity contribution in [1.82, 2.24) is 10.2 Å². The molecule has 7 N–H and O–H groups in total. The molecule has 1 aliphatic heterocycles. The van der Waals surface area contributed by atoms with Crippen LogP contribution in [0.25, 0.3) is 0 Å². The van der Waals surface area contributed by atoms with Gasteiger partial charge < -0.3 is 50.2 Å². The molecule has 15 nitrogen and oxygen atoms in total. The number of aliphatic hydroxyl groups is 6. The van der Waals surface area contributed by atoms with Crippen LogP contribution < -0.4 is 5.32 Å². The van der Waals surface area contributed by atoms with Gasteiger partial charge in [0.05, 0.1) is 43.4 Å². The third-order valence-electron chi connectivity index (χ3n) is 17.2. The lowest BCUT2D eigenvalue weighted by molar-refractivity contribution is -0.211. The third kappa shape index (κ3) is 8.02. The monoisotopic (exact) mass is 875 g/mol. The van der Waals surface area contributed by atoms with E-state index in [2.05, 4.69) is 12.2 Å². The molecule has 0 aromatic heterocycles. The van der Waals surface area contributed by atoms with E-state index in [1.54, 1.807) is 32.9 Å². The normalized spacial score (nSPS) is 47.1. The third-order valence-corrected chi connectivity index (χ3v) is 17.2. The van der Waals surface area contributed by atoms with Crippen molar-refractivity contribution in [2.24, 2.45) is 45.8 Å². The molecule has 5 fully saturated rings. The maximum absolute atomic E-state index is 13.8. The molecule has 4 saturated carbocycles. The van der Waals surface area contributed by atoms with Gasteiger partial charge in [-0.1, -0.05) is 46.3 Å². The van der Waals surface area contributed by atoms with Crippen molar-refractivity contribution in [1.29, 1.82) is 0 Å². The number of esters is 3. The average Bonchev–Trinajstić information content (AvgIpc) is 3.66. The lowest BCUT2D eigenvalue weighted by Crippen LogP contribution is -2.62. The molecule has 17 atom stereocenters. The summed E-state index contributed by atoms with van der Waals surface area (Å²) in [6.07, 6.45) is 2.75. The molecule has 0 amide bonds. The second-order valence-corrected chi connectivity index (χ2v) is 20.9. The van der Waals surface area contributed by atoms with Gasteiger partial charge in [0.1, 0.15) is 17.8 Å². The fraction of sp³-hybridized carbons (Fsp3) is 0.830. The number of hydrogen-bond acceptors (Lipinski definition) is 15. The van der Waals surface area contributed by atoms with E-state index >= 15 is 0 Å². The van der Waals surface area contributed by atoms with E-state index < -0.39 is 99.4 Å². The van der Waals surface area contributed by atoms with Gasteiger partial charge in [-0.25, -0.2) is 4.79 Å². The van der Waals surface area contributed by atoms with Crippen LogP contribution in [-0.2, 0) is 33.4 Å². The molecule has 1 heterocycles. The molecule has 0 spiro atoms. The molecule has 6 rings (SSSR count). The summed E-state index contributed by atoms with van der Waals surface area (Å²) in [5, 5.41) is 72.7. The lowest BCUT2D eigenvalue weighted by atomic mass is 9.46. The van der Waals surface area contributed by atoms with E-state index in [4.69, 9.17) is 14.2 Å². The molecule has 6 aliphatic rings. The van der Waals surface area contributed by atoms with Crippen LogP contribution >= 0.6 is 0 Å². The SMILES string of the molecule is CC[C@H]1OC(=O)[C@H](C)[C@@H](O)[C@H](C)[C@@H](O)[C@]2(O)C[C@@]2(C)CN(CCCNCCC(=O)O[C@]2(C(=O)OC)CCC3C4CCC5=CC(=O)C=C[C@]5(C)C4[C@@H](O)C[C@@]32C)[C@H](C)[C@@H](O)[C@]1(C)O. The van der Waals surface area contributed by atoms with Crippen LogP contribution in [0.4, 0.5) is 0 Å². The van der Waals surface area contributed by atoms with Crippen LogP contribution in [0, 0.1) is 45.8 Å². The fourth-order valence-corrected chi connectivity index (χ4v) is 13.0. The number of aliphatic hydroxyl groups excluding tert-OH is 4. The minimum absolute atomic E-state index is 0.0200. The van der Waals surface area contributed by atoms with Gasteiger partial charge >= 0.3 is 17.9 Å². The van der Waals surface area contributed by atoms with Crippen LogP contribution in [0.5, 0.6) is 0 Å². The van der Waals surface area contributed by atoms with Gasteiger partial charge in [-0.15, -0.1) is 0 Å². The number of methoxy groups -OCH3 is 1. The lowest BCUT2D eigenvalue weighted by Gasteiger charge is -2.59. The highest BCUT2D eigenvalue weighted by Gasteiger charge is 2.72. The first-order valence-corrected chi connectivity index (χ1v) is 23.0. The molecule has 0 aromatic carbocycles. The van der Waals surface area contributed by atoms with Gasteiger partial charge in [-0.3, -0.25) is 19.3 Å². The Kier molecular flexibility index (Phi) is 13.8. The Hall–Kier alpha value is -2.76. The summed E-state index contributed by atoms with van der Waals surface area (Å²) in [4.78, 5) is 54.8. The number of fused-ring (bicyclic) bond motifs is 6. The number of ether oxygens (including phenoxy) is 3. The Morgan fingerprint density at radius 2 is 1.69 bits per heavy atom. The molecule has 0 radical (unpaired) electrons. The Bertz CT molecular complexity index is 1790. The summed E-state index contributed by atoms with van der Waals surface area (Å²) in [6.45, 7) is 15.1. The predicted octanol–water partition coefficient (Wildman–Crippen LogP) is 2.36. The highest BCUT2D eigenvalue weighted by Crippen LogP contribution is 2.68. The summed E-state index contributed by atoms with van der Waals surface area (Å²) in [7, 11) is 1.29. The maximum Gasteiger partial charge on any atom is 0.350 e. The molecular formula is C47H74N2O13. The Labute approximate surface area is 366 Å². The van der Waals surface area contributed by atoms with Gasteiger partial charge in [0.25, 0.3) is 0 Å². The van der Waals surface area contributed by atoms with Crippen LogP contribution in [0.15, 0.2) is 23.8 Å². The number of rotatable bonds is 10. The van der Waals surface area contributed by atoms with Gasteiger partial charge in [-0.05, 0) is 109 Å². The van der Waals surface area contributed by atoms with E-state index in [-0.39, 0.29) is 68.7 Å². The van der Waals surface area contributed by atoms with Crippen molar-refractivity contribution in [3.8, 4) is 0 Å². The van der Waals surface area contributed by atoms with Gasteiger partial charge in [0.15, 0.2) is 5.78 Å². The zero-order valence-electron chi connectivity index (χ0n) is 38.3.